The third-order valence-corrected chi connectivity index (χ3v) is 3.89. The predicted molar refractivity (Wildman–Crippen MR) is 58.2 cm³/mol. The number of furan rings is 1. The maximum Gasteiger partial charge on any atom is 0.230 e. The highest BCUT2D eigenvalue weighted by Crippen LogP contribution is 2.28. The van der Waals surface area contributed by atoms with E-state index in [-0.39, 0.29) is 5.78 Å². The summed E-state index contributed by atoms with van der Waals surface area (Å²) in [6.07, 6.45) is 3.48. The van der Waals surface area contributed by atoms with Crippen LogP contribution in [0.25, 0.3) is 0 Å². The molecule has 0 atom stereocenters. The Hall–Kier alpha value is -1.00. The maximum absolute atomic E-state index is 11.8. The van der Waals surface area contributed by atoms with Crippen molar-refractivity contribution in [1.82, 2.24) is 0 Å². The summed E-state index contributed by atoms with van der Waals surface area (Å²) in [6.45, 7) is 0. The molecular formula is C10H8O2S2. The summed E-state index contributed by atoms with van der Waals surface area (Å²) < 4.78 is 6.10. The van der Waals surface area contributed by atoms with Crippen LogP contribution in [-0.2, 0) is 0 Å². The molecule has 0 aliphatic rings. The molecule has 0 fully saturated rings. The first-order valence-electron chi connectivity index (χ1n) is 4.02. The van der Waals surface area contributed by atoms with E-state index in [1.807, 2.05) is 17.7 Å². The van der Waals surface area contributed by atoms with E-state index in [4.69, 9.17) is 4.42 Å². The molecule has 4 heteroatoms. The predicted octanol–water partition coefficient (Wildman–Crippen LogP) is 3.29. The largest absolute Gasteiger partial charge is 0.461 e. The molecule has 0 aromatic carbocycles. The van der Waals surface area contributed by atoms with Gasteiger partial charge in [0, 0.05) is 0 Å². The van der Waals surface area contributed by atoms with Gasteiger partial charge in [-0.05, 0) is 29.8 Å². The highest BCUT2D eigenvalue weighted by molar-refractivity contribution is 8.00. The van der Waals surface area contributed by atoms with Crippen molar-refractivity contribution in [2.75, 3.05) is 6.26 Å². The van der Waals surface area contributed by atoms with Crippen molar-refractivity contribution in [2.24, 2.45) is 0 Å². The lowest BCUT2D eigenvalue weighted by molar-refractivity contribution is 0.101. The van der Waals surface area contributed by atoms with E-state index in [1.54, 1.807) is 35.2 Å². The molecule has 0 radical (unpaired) electrons. The first-order valence-corrected chi connectivity index (χ1v) is 6.13. The average molecular weight is 224 g/mol. The van der Waals surface area contributed by atoms with E-state index in [0.29, 0.717) is 5.76 Å². The number of ketones is 1. The fraction of sp³-hybridized carbons (Fsp3) is 0.100. The van der Waals surface area contributed by atoms with Gasteiger partial charge in [0.25, 0.3) is 0 Å². The van der Waals surface area contributed by atoms with Gasteiger partial charge >= 0.3 is 0 Å². The second kappa shape index (κ2) is 4.02. The summed E-state index contributed by atoms with van der Waals surface area (Å²) in [6, 6.07) is 5.24. The normalized spacial score (nSPS) is 10.4. The monoisotopic (exact) mass is 224 g/mol. The zero-order chi connectivity index (χ0) is 9.97. The van der Waals surface area contributed by atoms with Crippen molar-refractivity contribution in [3.05, 3.63) is 41.2 Å². The molecule has 0 amide bonds. The summed E-state index contributed by atoms with van der Waals surface area (Å²) in [4.78, 5) is 11.8. The number of hydrogen-bond acceptors (Lipinski definition) is 4. The molecule has 2 rings (SSSR count). The van der Waals surface area contributed by atoms with E-state index in [1.165, 1.54) is 6.26 Å². The van der Waals surface area contributed by atoms with Crippen LogP contribution < -0.4 is 0 Å². The number of carbonyl (C=O) groups is 1. The maximum atomic E-state index is 11.8. The molecule has 0 spiro atoms. The van der Waals surface area contributed by atoms with E-state index >= 15 is 0 Å². The van der Waals surface area contributed by atoms with Gasteiger partial charge in [0.05, 0.1) is 16.0 Å². The number of rotatable bonds is 3. The SMILES string of the molecule is CSc1sccc1C(=O)c1ccco1. The minimum absolute atomic E-state index is 0.0411. The summed E-state index contributed by atoms with van der Waals surface area (Å²) in [7, 11) is 0. The molecule has 0 saturated heterocycles. The molecule has 2 nitrogen and oxygen atoms in total. The van der Waals surface area contributed by atoms with Gasteiger partial charge in [-0.1, -0.05) is 0 Å². The zero-order valence-electron chi connectivity index (χ0n) is 7.52. The second-order valence-corrected chi connectivity index (χ2v) is 4.62. The van der Waals surface area contributed by atoms with Gasteiger partial charge in [-0.2, -0.15) is 0 Å². The summed E-state index contributed by atoms with van der Waals surface area (Å²) in [5, 5.41) is 1.92. The Labute approximate surface area is 89.9 Å². The van der Waals surface area contributed by atoms with Crippen molar-refractivity contribution in [1.29, 1.82) is 0 Å². The van der Waals surface area contributed by atoms with Crippen LogP contribution in [0, 0.1) is 0 Å². The van der Waals surface area contributed by atoms with Crippen molar-refractivity contribution in [2.45, 2.75) is 4.21 Å². The van der Waals surface area contributed by atoms with E-state index < -0.39 is 0 Å². The van der Waals surface area contributed by atoms with Crippen LogP contribution in [0.15, 0.2) is 38.5 Å². The number of thiophene rings is 1. The Balaban J connectivity index is 2.36. The van der Waals surface area contributed by atoms with Gasteiger partial charge in [-0.25, -0.2) is 0 Å². The molecule has 0 saturated carbocycles. The fourth-order valence-corrected chi connectivity index (χ4v) is 2.71. The molecule has 14 heavy (non-hydrogen) atoms. The van der Waals surface area contributed by atoms with Crippen LogP contribution in [0.3, 0.4) is 0 Å². The van der Waals surface area contributed by atoms with Gasteiger partial charge in [-0.3, -0.25) is 4.79 Å². The van der Waals surface area contributed by atoms with Crippen LogP contribution in [0.2, 0.25) is 0 Å². The summed E-state index contributed by atoms with van der Waals surface area (Å²) >= 11 is 3.16. The van der Waals surface area contributed by atoms with Crippen molar-refractivity contribution in [3.8, 4) is 0 Å². The van der Waals surface area contributed by atoms with Crippen LogP contribution in [0.4, 0.5) is 0 Å². The lowest BCUT2D eigenvalue weighted by Crippen LogP contribution is -1.98. The highest BCUT2D eigenvalue weighted by atomic mass is 32.2. The van der Waals surface area contributed by atoms with E-state index in [9.17, 15) is 4.79 Å². The first-order chi connectivity index (χ1) is 6.83. The van der Waals surface area contributed by atoms with Gasteiger partial charge in [0.1, 0.15) is 0 Å². The van der Waals surface area contributed by atoms with Gasteiger partial charge in [-0.15, -0.1) is 23.1 Å². The Bertz CT molecular complexity index is 429. The molecule has 0 aliphatic carbocycles. The molecule has 72 valence electrons. The quantitative estimate of drug-likeness (QED) is 0.592. The lowest BCUT2D eigenvalue weighted by atomic mass is 10.2. The Morgan fingerprint density at radius 3 is 3.00 bits per heavy atom. The Kier molecular flexibility index (Phi) is 2.74. The first kappa shape index (κ1) is 9.55. The van der Waals surface area contributed by atoms with Gasteiger partial charge < -0.3 is 4.42 Å². The number of thioether (sulfide) groups is 1. The fourth-order valence-electron chi connectivity index (χ4n) is 1.16. The summed E-state index contributed by atoms with van der Waals surface area (Å²) in [5.74, 6) is 0.360. The van der Waals surface area contributed by atoms with Crippen LogP contribution in [0.1, 0.15) is 16.1 Å². The zero-order valence-corrected chi connectivity index (χ0v) is 9.15. The van der Waals surface area contributed by atoms with Crippen LogP contribution in [0.5, 0.6) is 0 Å². The molecule has 0 bridgehead atoms. The minimum Gasteiger partial charge on any atom is -0.461 e. The third kappa shape index (κ3) is 1.63. The van der Waals surface area contributed by atoms with Crippen molar-refractivity contribution >= 4 is 28.9 Å². The standard InChI is InChI=1S/C10H8O2S2/c1-13-10-7(4-6-14-10)9(11)8-3-2-5-12-8/h2-6H,1H3. The Morgan fingerprint density at radius 2 is 2.36 bits per heavy atom. The molecular weight excluding hydrogens is 216 g/mol. The van der Waals surface area contributed by atoms with Gasteiger partial charge in [0.15, 0.2) is 5.76 Å². The third-order valence-electron chi connectivity index (χ3n) is 1.80. The average Bonchev–Trinajstić information content (AvgIpc) is 2.87. The molecule has 2 aromatic heterocycles. The van der Waals surface area contributed by atoms with E-state index in [2.05, 4.69) is 0 Å². The van der Waals surface area contributed by atoms with Crippen LogP contribution in [-0.4, -0.2) is 12.0 Å². The molecule has 0 aliphatic heterocycles. The second-order valence-electron chi connectivity index (χ2n) is 2.63. The molecule has 0 N–H and O–H groups in total. The van der Waals surface area contributed by atoms with Crippen molar-refractivity contribution < 1.29 is 9.21 Å². The minimum atomic E-state index is -0.0411. The Morgan fingerprint density at radius 1 is 1.50 bits per heavy atom. The molecule has 0 unspecified atom stereocenters. The lowest BCUT2D eigenvalue weighted by Gasteiger charge is -1.96. The molecule has 2 heterocycles. The van der Waals surface area contributed by atoms with Crippen molar-refractivity contribution in [3.63, 3.8) is 0 Å². The smallest absolute Gasteiger partial charge is 0.230 e. The number of hydrogen-bond donors (Lipinski definition) is 0. The number of carbonyl (C=O) groups excluding carboxylic acids is 1. The highest BCUT2D eigenvalue weighted by Gasteiger charge is 2.16. The summed E-state index contributed by atoms with van der Waals surface area (Å²) in [5.41, 5.74) is 0.734. The van der Waals surface area contributed by atoms with E-state index in [0.717, 1.165) is 9.77 Å². The topological polar surface area (TPSA) is 30.2 Å². The van der Waals surface area contributed by atoms with Crippen LogP contribution >= 0.6 is 23.1 Å². The molecule has 2 aromatic rings. The van der Waals surface area contributed by atoms with Gasteiger partial charge in [0.2, 0.25) is 5.78 Å².